The minimum atomic E-state index is -0.917. The van der Waals surface area contributed by atoms with Crippen LogP contribution in [-0.2, 0) is 30.6 Å². The number of aryl methyl sites for hydroxylation is 2. The van der Waals surface area contributed by atoms with Crippen molar-refractivity contribution in [3.63, 3.8) is 0 Å². The number of hydrogen-bond donors (Lipinski definition) is 1. The summed E-state index contributed by atoms with van der Waals surface area (Å²) in [5, 5.41) is 18.4. The number of benzene rings is 1. The fraction of sp³-hybridized carbons (Fsp3) is 0.526. The zero-order valence-electron chi connectivity index (χ0n) is 14.4. The van der Waals surface area contributed by atoms with E-state index in [9.17, 15) is 9.90 Å². The van der Waals surface area contributed by atoms with E-state index in [0.29, 0.717) is 32.5 Å². The van der Waals surface area contributed by atoms with Gasteiger partial charge in [0.1, 0.15) is 5.60 Å². The number of aromatic nitrogens is 3. The number of carbonyl (C=O) groups is 1. The van der Waals surface area contributed by atoms with E-state index in [0.717, 1.165) is 18.4 Å². The molecule has 1 N–H and O–H groups in total. The molecule has 1 aliphatic heterocycles. The molecule has 1 fully saturated rings. The van der Waals surface area contributed by atoms with Crippen molar-refractivity contribution >= 4 is 5.91 Å². The number of nitrogens with zero attached hydrogens (tertiary/aromatic N) is 4. The van der Waals surface area contributed by atoms with Crippen molar-refractivity contribution in [1.82, 2.24) is 19.9 Å². The van der Waals surface area contributed by atoms with E-state index in [-0.39, 0.29) is 5.91 Å². The maximum atomic E-state index is 12.7. The molecule has 2 aromatic rings. The van der Waals surface area contributed by atoms with E-state index >= 15 is 0 Å². The summed E-state index contributed by atoms with van der Waals surface area (Å²) in [6.45, 7) is 1.32. The van der Waals surface area contributed by atoms with Crippen molar-refractivity contribution in [2.24, 2.45) is 0 Å². The van der Waals surface area contributed by atoms with Gasteiger partial charge in [0, 0.05) is 12.7 Å². The number of fused-ring (bicyclic) bond motifs is 1. The summed E-state index contributed by atoms with van der Waals surface area (Å²) in [4.78, 5) is 14.4. The highest BCUT2D eigenvalue weighted by Gasteiger charge is 2.38. The van der Waals surface area contributed by atoms with Gasteiger partial charge >= 0.3 is 0 Å². The van der Waals surface area contributed by atoms with E-state index in [4.69, 9.17) is 0 Å². The normalized spacial score (nSPS) is 22.8. The molecule has 1 aromatic carbocycles. The molecule has 4 rings (SSSR count). The number of amides is 1. The lowest BCUT2D eigenvalue weighted by molar-refractivity contribution is -0.130. The molecule has 1 atom stereocenters. The third-order valence-electron chi connectivity index (χ3n) is 5.38. The van der Waals surface area contributed by atoms with Gasteiger partial charge in [-0.1, -0.05) is 23.4 Å². The number of hydrogen-bond acceptors (Lipinski definition) is 4. The first-order valence-electron chi connectivity index (χ1n) is 9.06. The average Bonchev–Trinajstić information content (AvgIpc) is 3.25. The maximum absolute atomic E-state index is 12.7. The predicted octanol–water partition coefficient (Wildman–Crippen LogP) is 1.36. The summed E-state index contributed by atoms with van der Waals surface area (Å²) in [7, 11) is 0. The van der Waals surface area contributed by atoms with Gasteiger partial charge in [0.05, 0.1) is 25.7 Å². The Morgan fingerprint density at radius 1 is 1.24 bits per heavy atom. The summed E-state index contributed by atoms with van der Waals surface area (Å²) >= 11 is 0. The lowest BCUT2D eigenvalue weighted by Gasteiger charge is -2.23. The first-order valence-corrected chi connectivity index (χ1v) is 9.06. The van der Waals surface area contributed by atoms with Crippen molar-refractivity contribution < 1.29 is 9.90 Å². The van der Waals surface area contributed by atoms with E-state index in [1.807, 2.05) is 0 Å². The second-order valence-corrected chi connectivity index (χ2v) is 7.38. The van der Waals surface area contributed by atoms with Crippen molar-refractivity contribution in [3.05, 3.63) is 47.3 Å². The Labute approximate surface area is 147 Å². The lowest BCUT2D eigenvalue weighted by atomic mass is 9.90. The highest BCUT2D eigenvalue weighted by molar-refractivity contribution is 5.79. The molecule has 2 aliphatic rings. The van der Waals surface area contributed by atoms with E-state index in [1.54, 1.807) is 22.0 Å². The summed E-state index contributed by atoms with van der Waals surface area (Å²) in [5.74, 6) is 0.0882. The molecular formula is C19H24N4O2. The molecule has 1 amide bonds. The Balaban J connectivity index is 1.38. The highest BCUT2D eigenvalue weighted by Crippen LogP contribution is 2.25. The quantitative estimate of drug-likeness (QED) is 0.912. The number of carbonyl (C=O) groups excluding carboxylic acids is 1. The van der Waals surface area contributed by atoms with Crippen LogP contribution < -0.4 is 0 Å². The molecule has 2 heterocycles. The molecule has 132 valence electrons. The largest absolute Gasteiger partial charge is 0.386 e. The summed E-state index contributed by atoms with van der Waals surface area (Å²) in [5.41, 5.74) is 3.00. The highest BCUT2D eigenvalue weighted by atomic mass is 16.3. The second-order valence-electron chi connectivity index (χ2n) is 7.38. The van der Waals surface area contributed by atoms with Crippen LogP contribution in [0.15, 0.2) is 30.6 Å². The first kappa shape index (κ1) is 16.3. The van der Waals surface area contributed by atoms with Gasteiger partial charge in [0.25, 0.3) is 0 Å². The first-order chi connectivity index (χ1) is 12.1. The van der Waals surface area contributed by atoms with Gasteiger partial charge in [-0.25, -0.2) is 4.68 Å². The van der Waals surface area contributed by atoms with Crippen molar-refractivity contribution in [2.45, 2.75) is 50.7 Å². The molecule has 6 heteroatoms. The van der Waals surface area contributed by atoms with Crippen LogP contribution in [0.2, 0.25) is 0 Å². The molecule has 0 saturated carbocycles. The van der Waals surface area contributed by atoms with Gasteiger partial charge in [0.15, 0.2) is 0 Å². The molecule has 6 nitrogen and oxygen atoms in total. The van der Waals surface area contributed by atoms with Crippen LogP contribution in [-0.4, -0.2) is 49.6 Å². The van der Waals surface area contributed by atoms with Crippen molar-refractivity contribution in [2.75, 3.05) is 13.1 Å². The van der Waals surface area contributed by atoms with Crippen LogP contribution in [0.3, 0.4) is 0 Å². The van der Waals surface area contributed by atoms with E-state index < -0.39 is 5.60 Å². The van der Waals surface area contributed by atoms with Crippen LogP contribution in [0.25, 0.3) is 0 Å². The number of β-amino-alcohol motifs (C(OH)–C–C–N with tert-alkyl or cyclic N) is 1. The summed E-state index contributed by atoms with van der Waals surface area (Å²) < 4.78 is 1.62. The van der Waals surface area contributed by atoms with Gasteiger partial charge in [-0.05, 0) is 48.8 Å². The van der Waals surface area contributed by atoms with Crippen LogP contribution in [0.1, 0.15) is 36.0 Å². The van der Waals surface area contributed by atoms with Crippen molar-refractivity contribution in [3.8, 4) is 0 Å². The molecule has 1 aromatic heterocycles. The second kappa shape index (κ2) is 6.59. The maximum Gasteiger partial charge on any atom is 0.227 e. The van der Waals surface area contributed by atoms with Gasteiger partial charge in [-0.15, -0.1) is 5.10 Å². The standard InChI is InChI=1S/C19H24N4O2/c24-18(12-15-5-6-16-3-1-2-4-17(16)11-15)22-9-7-19(25,13-22)14-23-10-8-20-21-23/h5-6,8,10-11,25H,1-4,7,9,12-14H2. The average molecular weight is 340 g/mol. The van der Waals surface area contributed by atoms with Crippen LogP contribution in [0.4, 0.5) is 0 Å². The van der Waals surface area contributed by atoms with E-state index in [2.05, 4.69) is 28.5 Å². The van der Waals surface area contributed by atoms with Crippen LogP contribution in [0.5, 0.6) is 0 Å². The van der Waals surface area contributed by atoms with Gasteiger partial charge < -0.3 is 10.0 Å². The Hall–Kier alpha value is -2.21. The lowest BCUT2D eigenvalue weighted by Crippen LogP contribution is -2.40. The van der Waals surface area contributed by atoms with Crippen LogP contribution in [0, 0.1) is 0 Å². The number of aliphatic hydroxyl groups is 1. The Bertz CT molecular complexity index is 759. The minimum Gasteiger partial charge on any atom is -0.386 e. The topological polar surface area (TPSA) is 71.2 Å². The third kappa shape index (κ3) is 3.58. The van der Waals surface area contributed by atoms with Gasteiger partial charge in [-0.3, -0.25) is 4.79 Å². The van der Waals surface area contributed by atoms with Crippen LogP contribution >= 0.6 is 0 Å². The summed E-state index contributed by atoms with van der Waals surface area (Å²) in [6, 6.07) is 6.46. The Kier molecular flexibility index (Phi) is 4.29. The molecule has 0 radical (unpaired) electrons. The fourth-order valence-electron chi connectivity index (χ4n) is 4.00. The van der Waals surface area contributed by atoms with Gasteiger partial charge in [-0.2, -0.15) is 0 Å². The molecule has 0 bridgehead atoms. The molecular weight excluding hydrogens is 316 g/mol. The Morgan fingerprint density at radius 2 is 2.08 bits per heavy atom. The minimum absolute atomic E-state index is 0.0882. The van der Waals surface area contributed by atoms with Gasteiger partial charge in [0.2, 0.25) is 5.91 Å². The summed E-state index contributed by atoms with van der Waals surface area (Å²) in [6.07, 6.45) is 9.10. The SMILES string of the molecule is O=C(Cc1ccc2c(c1)CCCC2)N1CCC(O)(Cn2ccnn2)C1. The number of rotatable bonds is 4. The van der Waals surface area contributed by atoms with E-state index in [1.165, 1.54) is 24.0 Å². The predicted molar refractivity (Wildman–Crippen MR) is 93.0 cm³/mol. The molecule has 1 saturated heterocycles. The smallest absolute Gasteiger partial charge is 0.227 e. The molecule has 25 heavy (non-hydrogen) atoms. The fourth-order valence-corrected chi connectivity index (χ4v) is 4.00. The zero-order valence-corrected chi connectivity index (χ0v) is 14.4. The molecule has 1 unspecified atom stereocenters. The number of likely N-dealkylation sites (tertiary alicyclic amines) is 1. The third-order valence-corrected chi connectivity index (χ3v) is 5.38. The Morgan fingerprint density at radius 3 is 2.88 bits per heavy atom. The molecule has 0 spiro atoms. The van der Waals surface area contributed by atoms with Crippen molar-refractivity contribution in [1.29, 1.82) is 0 Å². The molecule has 1 aliphatic carbocycles. The monoisotopic (exact) mass is 340 g/mol. The zero-order chi connectivity index (χ0) is 17.3.